The monoisotopic (exact) mass is 416 g/mol. The van der Waals surface area contributed by atoms with Gasteiger partial charge in [0.1, 0.15) is 0 Å². The largest absolute Gasteiger partial charge is 0.299 e. The molecule has 1 fully saturated rings. The first-order valence-electron chi connectivity index (χ1n) is 8.12. The summed E-state index contributed by atoms with van der Waals surface area (Å²) in [6.45, 7) is 3.14. The lowest BCUT2D eigenvalue weighted by Crippen LogP contribution is -2.40. The van der Waals surface area contributed by atoms with Crippen LogP contribution in [0.2, 0.25) is 0 Å². The minimum Gasteiger partial charge on any atom is -0.299 e. The maximum absolute atomic E-state index is 8.98. The first kappa shape index (κ1) is 16.5. The van der Waals surface area contributed by atoms with Gasteiger partial charge >= 0.3 is 0 Å². The van der Waals surface area contributed by atoms with Crippen molar-refractivity contribution < 1.29 is 0 Å². The average molecular weight is 416 g/mol. The summed E-state index contributed by atoms with van der Waals surface area (Å²) < 4.78 is 0.182. The Morgan fingerprint density at radius 3 is 2.35 bits per heavy atom. The smallest absolute Gasteiger partial charge is 0.0635 e. The minimum absolute atomic E-state index is 0.182. The molecule has 1 heterocycles. The number of benzene rings is 2. The second-order valence-corrected chi connectivity index (χ2v) is 8.57. The Balaban J connectivity index is 1.72. The van der Waals surface area contributed by atoms with Crippen molar-refractivity contribution in [3.63, 3.8) is 0 Å². The maximum atomic E-state index is 8.98. The molecule has 23 heavy (non-hydrogen) atoms. The molecule has 118 valence electrons. The molecule has 1 aliphatic rings. The van der Waals surface area contributed by atoms with Gasteiger partial charge in [-0.1, -0.05) is 77.2 Å². The van der Waals surface area contributed by atoms with Crippen LogP contribution in [0.25, 0.3) is 11.1 Å². The van der Waals surface area contributed by atoms with E-state index in [0.717, 1.165) is 32.5 Å². The van der Waals surface area contributed by atoms with Gasteiger partial charge in [0.2, 0.25) is 0 Å². The van der Waals surface area contributed by atoms with Gasteiger partial charge < -0.3 is 0 Å². The van der Waals surface area contributed by atoms with E-state index in [2.05, 4.69) is 88.2 Å². The first-order chi connectivity index (χ1) is 11.2. The molecule has 3 rings (SSSR count). The molecular weight excluding hydrogens is 395 g/mol. The number of rotatable bonds is 4. The highest BCUT2D eigenvalue weighted by atomic mass is 127. The second-order valence-electron chi connectivity index (χ2n) is 6.29. The Morgan fingerprint density at radius 1 is 1.00 bits per heavy atom. The van der Waals surface area contributed by atoms with Gasteiger partial charge in [0.25, 0.3) is 0 Å². The fraction of sp³-hybridized carbons (Fsp3) is 0.350. The van der Waals surface area contributed by atoms with E-state index >= 15 is 0 Å². The average Bonchev–Trinajstić information content (AvgIpc) is 2.59. The molecule has 0 unspecified atom stereocenters. The van der Waals surface area contributed by atoms with Crippen LogP contribution in [0, 0.1) is 11.3 Å². The quantitative estimate of drug-likeness (QED) is 0.516. The molecule has 2 nitrogen and oxygen atoms in total. The molecular formula is C20H21IN2. The van der Waals surface area contributed by atoms with Crippen molar-refractivity contribution in [2.45, 2.75) is 29.2 Å². The zero-order valence-corrected chi connectivity index (χ0v) is 15.4. The fourth-order valence-electron chi connectivity index (χ4n) is 3.23. The maximum Gasteiger partial charge on any atom is 0.0635 e. The van der Waals surface area contributed by atoms with E-state index in [1.807, 2.05) is 0 Å². The third-order valence-electron chi connectivity index (χ3n) is 4.64. The Labute approximate surface area is 152 Å². The van der Waals surface area contributed by atoms with Gasteiger partial charge in [-0.25, -0.2) is 0 Å². The number of hydrogen-bond donors (Lipinski definition) is 0. The van der Waals surface area contributed by atoms with Crippen LogP contribution in [0.5, 0.6) is 0 Å². The van der Waals surface area contributed by atoms with Crippen molar-refractivity contribution in [3.8, 4) is 17.2 Å². The first-order valence-corrected chi connectivity index (χ1v) is 9.20. The van der Waals surface area contributed by atoms with Gasteiger partial charge in [-0.2, -0.15) is 5.26 Å². The molecule has 0 spiro atoms. The lowest BCUT2D eigenvalue weighted by molar-refractivity contribution is 0.200. The molecule has 3 heteroatoms. The van der Waals surface area contributed by atoms with E-state index in [9.17, 15) is 0 Å². The molecule has 0 amide bonds. The van der Waals surface area contributed by atoms with E-state index in [4.69, 9.17) is 5.26 Å². The van der Waals surface area contributed by atoms with E-state index in [1.165, 1.54) is 16.7 Å². The van der Waals surface area contributed by atoms with E-state index in [1.54, 1.807) is 0 Å². The zero-order valence-electron chi connectivity index (χ0n) is 13.2. The summed E-state index contributed by atoms with van der Waals surface area (Å²) in [4.78, 5) is 2.52. The molecule has 0 aliphatic carbocycles. The van der Waals surface area contributed by atoms with Crippen LogP contribution in [0.3, 0.4) is 0 Å². The fourth-order valence-corrected chi connectivity index (χ4v) is 3.88. The summed E-state index contributed by atoms with van der Waals surface area (Å²) in [6, 6.07) is 21.7. The summed E-state index contributed by atoms with van der Waals surface area (Å²) in [5, 5.41) is 8.98. The lowest BCUT2D eigenvalue weighted by atomic mass is 9.93. The number of piperidine rings is 1. The van der Waals surface area contributed by atoms with Gasteiger partial charge in [-0.15, -0.1) is 0 Å². The van der Waals surface area contributed by atoms with Crippen LogP contribution in [0.4, 0.5) is 0 Å². The van der Waals surface area contributed by atoms with Gasteiger partial charge in [0.15, 0.2) is 0 Å². The summed E-state index contributed by atoms with van der Waals surface area (Å²) in [6.07, 6.45) is 2.88. The second kappa shape index (κ2) is 7.46. The van der Waals surface area contributed by atoms with Crippen molar-refractivity contribution in [1.29, 1.82) is 5.26 Å². The minimum atomic E-state index is 0.182. The number of nitrogens with zero attached hydrogens (tertiary/aromatic N) is 2. The zero-order chi connectivity index (χ0) is 16.1. The van der Waals surface area contributed by atoms with E-state index in [0.29, 0.717) is 6.42 Å². The predicted molar refractivity (Wildman–Crippen MR) is 103 cm³/mol. The molecule has 0 N–H and O–H groups in total. The van der Waals surface area contributed by atoms with Crippen LogP contribution in [-0.4, -0.2) is 21.4 Å². The molecule has 0 bridgehead atoms. The standard InChI is InChI=1S/C20H21IN2/c21-20(10-13-22)11-14-23(15-12-20)16-18-8-4-5-9-19(18)17-6-2-1-3-7-17/h1-9H,10-12,14-16H2. The molecule has 2 aromatic rings. The van der Waals surface area contributed by atoms with Gasteiger partial charge in [-0.05, 0) is 42.6 Å². The summed E-state index contributed by atoms with van der Waals surface area (Å²) in [5.41, 5.74) is 4.00. The molecule has 2 aromatic carbocycles. The highest BCUT2D eigenvalue weighted by Crippen LogP contribution is 2.35. The normalized spacial score (nSPS) is 17.6. The Kier molecular flexibility index (Phi) is 5.34. The third-order valence-corrected chi connectivity index (χ3v) is 6.10. The molecule has 0 radical (unpaired) electrons. The van der Waals surface area contributed by atoms with Gasteiger partial charge in [0.05, 0.1) is 6.07 Å². The van der Waals surface area contributed by atoms with E-state index in [-0.39, 0.29) is 3.42 Å². The summed E-state index contributed by atoms with van der Waals surface area (Å²) in [5.74, 6) is 0. The van der Waals surface area contributed by atoms with Crippen molar-refractivity contribution >= 4 is 22.6 Å². The number of halogens is 1. The van der Waals surface area contributed by atoms with Gasteiger partial charge in [0, 0.05) is 16.4 Å². The number of nitriles is 1. The van der Waals surface area contributed by atoms with Crippen LogP contribution in [-0.2, 0) is 6.54 Å². The van der Waals surface area contributed by atoms with Crippen LogP contribution in [0.1, 0.15) is 24.8 Å². The van der Waals surface area contributed by atoms with Crippen LogP contribution < -0.4 is 0 Å². The number of hydrogen-bond acceptors (Lipinski definition) is 2. The molecule has 0 aromatic heterocycles. The highest BCUT2D eigenvalue weighted by Gasteiger charge is 2.31. The number of alkyl halides is 1. The van der Waals surface area contributed by atoms with Crippen molar-refractivity contribution in [3.05, 3.63) is 60.2 Å². The summed E-state index contributed by atoms with van der Waals surface area (Å²) >= 11 is 2.50. The SMILES string of the molecule is N#CCC1(I)CCN(Cc2ccccc2-c2ccccc2)CC1. The van der Waals surface area contributed by atoms with Crippen LogP contribution >= 0.6 is 22.6 Å². The molecule has 0 saturated carbocycles. The molecule has 1 aliphatic heterocycles. The Bertz CT molecular complexity index is 682. The Morgan fingerprint density at radius 2 is 1.65 bits per heavy atom. The molecule has 1 saturated heterocycles. The van der Waals surface area contributed by atoms with Crippen LogP contribution in [0.15, 0.2) is 54.6 Å². The van der Waals surface area contributed by atoms with Crippen molar-refractivity contribution in [2.24, 2.45) is 0 Å². The Hall–Kier alpha value is -1.38. The summed E-state index contributed by atoms with van der Waals surface area (Å²) in [7, 11) is 0. The molecule has 0 atom stereocenters. The van der Waals surface area contributed by atoms with Crippen molar-refractivity contribution in [2.75, 3.05) is 13.1 Å². The van der Waals surface area contributed by atoms with Gasteiger partial charge in [-0.3, -0.25) is 4.90 Å². The van der Waals surface area contributed by atoms with E-state index < -0.39 is 0 Å². The lowest BCUT2D eigenvalue weighted by Gasteiger charge is -2.37. The van der Waals surface area contributed by atoms with Crippen molar-refractivity contribution in [1.82, 2.24) is 4.90 Å². The topological polar surface area (TPSA) is 27.0 Å². The highest BCUT2D eigenvalue weighted by molar-refractivity contribution is 14.1. The third kappa shape index (κ3) is 4.13. The number of likely N-dealkylation sites (tertiary alicyclic amines) is 1. The predicted octanol–water partition coefficient (Wildman–Crippen LogP) is 5.04.